The molecule has 1 aromatic carbocycles. The summed E-state index contributed by atoms with van der Waals surface area (Å²) in [6.07, 6.45) is 1.61. The van der Waals surface area contributed by atoms with Gasteiger partial charge in [0.1, 0.15) is 11.4 Å². The summed E-state index contributed by atoms with van der Waals surface area (Å²) in [5, 5.41) is 2.70. The van der Waals surface area contributed by atoms with Crippen LogP contribution in [-0.4, -0.2) is 47.9 Å². The maximum absolute atomic E-state index is 11.4. The van der Waals surface area contributed by atoms with Crippen molar-refractivity contribution in [2.75, 3.05) is 36.4 Å². The van der Waals surface area contributed by atoms with Crippen LogP contribution in [0.1, 0.15) is 13.8 Å². The molecule has 1 aliphatic heterocycles. The quantitative estimate of drug-likeness (QED) is 0.913. The lowest BCUT2D eigenvalue weighted by atomic mass is 10.2. The Morgan fingerprint density at radius 2 is 1.73 bits per heavy atom. The summed E-state index contributed by atoms with van der Waals surface area (Å²) in [6, 6.07) is 11.2. The number of hydrogen-bond acceptors (Lipinski definition) is 5. The smallest absolute Gasteiger partial charge is 0.243 e. The molecule has 26 heavy (non-hydrogen) atoms. The van der Waals surface area contributed by atoms with Gasteiger partial charge in [-0.05, 0) is 36.4 Å². The molecule has 0 bridgehead atoms. The molecule has 1 saturated heterocycles. The van der Waals surface area contributed by atoms with Crippen LogP contribution in [0.3, 0.4) is 0 Å². The largest absolute Gasteiger partial charge is 0.437 e. The van der Waals surface area contributed by atoms with Gasteiger partial charge in [0.25, 0.3) is 0 Å². The minimum atomic E-state index is -0.178. The number of amides is 2. The first-order valence-electron chi connectivity index (χ1n) is 8.54. The molecule has 7 nitrogen and oxygen atoms in total. The number of ether oxygens (including phenoxy) is 1. The zero-order valence-corrected chi connectivity index (χ0v) is 14.9. The molecule has 7 heteroatoms. The standard InChI is InChI=1S/C19H22N4O3/c1-14(24)21-18-4-3-9-20-19(18)26-17-7-5-16(6-8-17)23-12-10-22(11-13-23)15(2)25/h3-9H,10-13H2,1-2H3,(H,21,24). The molecule has 3 rings (SSSR count). The van der Waals surface area contributed by atoms with Crippen LogP contribution < -0.4 is 15.0 Å². The Bertz CT molecular complexity index is 784. The molecule has 0 radical (unpaired) electrons. The van der Waals surface area contributed by atoms with E-state index in [-0.39, 0.29) is 11.8 Å². The summed E-state index contributed by atoms with van der Waals surface area (Å²) in [6.45, 7) is 6.15. The number of nitrogens with zero attached hydrogens (tertiary/aromatic N) is 3. The van der Waals surface area contributed by atoms with Crippen molar-refractivity contribution in [3.05, 3.63) is 42.6 Å². The molecular formula is C19H22N4O3. The number of pyridine rings is 1. The molecule has 0 atom stereocenters. The Kier molecular flexibility index (Phi) is 5.36. The highest BCUT2D eigenvalue weighted by atomic mass is 16.5. The van der Waals surface area contributed by atoms with Crippen molar-refractivity contribution in [1.29, 1.82) is 0 Å². The van der Waals surface area contributed by atoms with E-state index in [9.17, 15) is 9.59 Å². The minimum Gasteiger partial charge on any atom is -0.437 e. The molecular weight excluding hydrogens is 332 g/mol. The number of benzene rings is 1. The molecule has 2 heterocycles. The van der Waals surface area contributed by atoms with Crippen molar-refractivity contribution in [2.24, 2.45) is 0 Å². The van der Waals surface area contributed by atoms with E-state index in [1.54, 1.807) is 25.3 Å². The van der Waals surface area contributed by atoms with Gasteiger partial charge >= 0.3 is 0 Å². The maximum Gasteiger partial charge on any atom is 0.243 e. The van der Waals surface area contributed by atoms with Crippen molar-refractivity contribution < 1.29 is 14.3 Å². The monoisotopic (exact) mass is 354 g/mol. The molecule has 0 unspecified atom stereocenters. The molecule has 2 aromatic rings. The predicted octanol–water partition coefficient (Wildman–Crippen LogP) is 2.50. The minimum absolute atomic E-state index is 0.124. The average molecular weight is 354 g/mol. The summed E-state index contributed by atoms with van der Waals surface area (Å²) in [7, 11) is 0. The third-order valence-corrected chi connectivity index (χ3v) is 4.22. The lowest BCUT2D eigenvalue weighted by Crippen LogP contribution is -2.48. The van der Waals surface area contributed by atoms with Crippen LogP contribution in [-0.2, 0) is 9.59 Å². The summed E-state index contributed by atoms with van der Waals surface area (Å²) in [5.74, 6) is 0.939. The van der Waals surface area contributed by atoms with E-state index in [1.807, 2.05) is 29.2 Å². The fourth-order valence-electron chi connectivity index (χ4n) is 2.87. The van der Waals surface area contributed by atoms with Crippen LogP contribution in [0.2, 0.25) is 0 Å². The Morgan fingerprint density at radius 1 is 1.04 bits per heavy atom. The first kappa shape index (κ1) is 17.7. The van der Waals surface area contributed by atoms with Gasteiger partial charge in [-0.3, -0.25) is 9.59 Å². The number of rotatable bonds is 4. The van der Waals surface area contributed by atoms with Gasteiger partial charge in [-0.1, -0.05) is 0 Å². The van der Waals surface area contributed by atoms with Crippen molar-refractivity contribution >= 4 is 23.2 Å². The molecule has 2 amide bonds. The molecule has 0 aliphatic carbocycles. The summed E-state index contributed by atoms with van der Waals surface area (Å²) in [5.41, 5.74) is 1.62. The van der Waals surface area contributed by atoms with E-state index in [4.69, 9.17) is 4.74 Å². The normalized spacial score (nSPS) is 14.1. The average Bonchev–Trinajstić information content (AvgIpc) is 2.64. The van der Waals surface area contributed by atoms with E-state index >= 15 is 0 Å². The number of carbonyl (C=O) groups excluding carboxylic acids is 2. The molecule has 1 aliphatic rings. The molecule has 1 N–H and O–H groups in total. The Balaban J connectivity index is 1.66. The van der Waals surface area contributed by atoms with Gasteiger partial charge < -0.3 is 19.9 Å². The summed E-state index contributed by atoms with van der Waals surface area (Å²) >= 11 is 0. The van der Waals surface area contributed by atoms with Gasteiger partial charge in [-0.25, -0.2) is 4.98 Å². The third-order valence-electron chi connectivity index (χ3n) is 4.22. The second kappa shape index (κ2) is 7.86. The van der Waals surface area contributed by atoms with Gasteiger partial charge in [0.2, 0.25) is 17.7 Å². The maximum atomic E-state index is 11.4. The van der Waals surface area contributed by atoms with Gasteiger partial charge in [-0.2, -0.15) is 0 Å². The number of nitrogens with one attached hydrogen (secondary N) is 1. The fraction of sp³-hybridized carbons (Fsp3) is 0.316. The molecule has 136 valence electrons. The van der Waals surface area contributed by atoms with Crippen molar-refractivity contribution in [2.45, 2.75) is 13.8 Å². The zero-order valence-electron chi connectivity index (χ0n) is 14.9. The molecule has 0 spiro atoms. The number of anilines is 2. The highest BCUT2D eigenvalue weighted by Crippen LogP contribution is 2.28. The topological polar surface area (TPSA) is 74.8 Å². The molecule has 1 fully saturated rings. The summed E-state index contributed by atoms with van der Waals surface area (Å²) < 4.78 is 5.80. The predicted molar refractivity (Wildman–Crippen MR) is 99.5 cm³/mol. The van der Waals surface area contributed by atoms with Crippen molar-refractivity contribution in [3.8, 4) is 11.6 Å². The number of carbonyl (C=O) groups is 2. The van der Waals surface area contributed by atoms with Crippen LogP contribution >= 0.6 is 0 Å². The van der Waals surface area contributed by atoms with Crippen LogP contribution in [0, 0.1) is 0 Å². The summed E-state index contributed by atoms with van der Waals surface area (Å²) in [4.78, 5) is 31.0. The van der Waals surface area contributed by atoms with Gasteiger partial charge in [0.05, 0.1) is 0 Å². The van der Waals surface area contributed by atoms with E-state index in [2.05, 4.69) is 15.2 Å². The second-order valence-corrected chi connectivity index (χ2v) is 6.13. The second-order valence-electron chi connectivity index (χ2n) is 6.13. The fourth-order valence-corrected chi connectivity index (χ4v) is 2.87. The first-order chi connectivity index (χ1) is 12.5. The van der Waals surface area contributed by atoms with Gasteiger partial charge in [0.15, 0.2) is 0 Å². The van der Waals surface area contributed by atoms with E-state index in [1.165, 1.54) is 6.92 Å². The van der Waals surface area contributed by atoms with Crippen molar-refractivity contribution in [1.82, 2.24) is 9.88 Å². The van der Waals surface area contributed by atoms with E-state index < -0.39 is 0 Å². The highest BCUT2D eigenvalue weighted by molar-refractivity contribution is 5.89. The lowest BCUT2D eigenvalue weighted by Gasteiger charge is -2.35. The van der Waals surface area contributed by atoms with Crippen LogP contribution in [0.4, 0.5) is 11.4 Å². The molecule has 1 aromatic heterocycles. The van der Waals surface area contributed by atoms with Crippen LogP contribution in [0.25, 0.3) is 0 Å². The van der Waals surface area contributed by atoms with E-state index in [0.29, 0.717) is 17.3 Å². The highest BCUT2D eigenvalue weighted by Gasteiger charge is 2.18. The Hall–Kier alpha value is -3.09. The Labute approximate surface area is 152 Å². The third kappa shape index (κ3) is 4.30. The zero-order chi connectivity index (χ0) is 18.5. The van der Waals surface area contributed by atoms with Crippen molar-refractivity contribution in [3.63, 3.8) is 0 Å². The van der Waals surface area contributed by atoms with Crippen LogP contribution in [0.5, 0.6) is 11.6 Å². The van der Waals surface area contributed by atoms with Gasteiger partial charge in [0, 0.05) is 51.9 Å². The van der Waals surface area contributed by atoms with E-state index in [0.717, 1.165) is 31.9 Å². The van der Waals surface area contributed by atoms with Crippen LogP contribution in [0.15, 0.2) is 42.6 Å². The number of aromatic nitrogens is 1. The molecule has 0 saturated carbocycles. The number of hydrogen-bond donors (Lipinski definition) is 1. The lowest BCUT2D eigenvalue weighted by molar-refractivity contribution is -0.129. The Morgan fingerprint density at radius 3 is 2.35 bits per heavy atom. The number of piperazine rings is 1. The first-order valence-corrected chi connectivity index (χ1v) is 8.54. The SMILES string of the molecule is CC(=O)Nc1cccnc1Oc1ccc(N2CCN(C(C)=O)CC2)cc1. The van der Waals surface area contributed by atoms with Gasteiger partial charge in [-0.15, -0.1) is 0 Å².